The molecule has 1 fully saturated rings. The lowest BCUT2D eigenvalue weighted by Crippen LogP contribution is -2.23. The predicted molar refractivity (Wildman–Crippen MR) is 76.3 cm³/mol. The predicted octanol–water partition coefficient (Wildman–Crippen LogP) is 2.20. The Bertz CT molecular complexity index is 490. The summed E-state index contributed by atoms with van der Waals surface area (Å²) in [5, 5.41) is 20.6. The van der Waals surface area contributed by atoms with Gasteiger partial charge < -0.3 is 14.7 Å². The summed E-state index contributed by atoms with van der Waals surface area (Å²) in [6, 6.07) is 4.82. The fourth-order valence-electron chi connectivity index (χ4n) is 2.52. The number of ether oxygens (including phenoxy) is 1. The Morgan fingerprint density at radius 1 is 1.55 bits per heavy atom. The van der Waals surface area contributed by atoms with E-state index in [-0.39, 0.29) is 17.7 Å². The van der Waals surface area contributed by atoms with Crippen LogP contribution in [0.25, 0.3) is 0 Å². The third-order valence-electron chi connectivity index (χ3n) is 3.67. The van der Waals surface area contributed by atoms with Gasteiger partial charge in [-0.25, -0.2) is 0 Å². The maximum Gasteiger partial charge on any atom is 0.275 e. The van der Waals surface area contributed by atoms with E-state index in [0.717, 1.165) is 18.7 Å². The molecule has 2 unspecified atom stereocenters. The van der Waals surface area contributed by atoms with Gasteiger partial charge in [0.05, 0.1) is 23.7 Å². The van der Waals surface area contributed by atoms with Crippen LogP contribution in [0.4, 0.5) is 11.4 Å². The minimum atomic E-state index is -0.408. The van der Waals surface area contributed by atoms with E-state index in [9.17, 15) is 15.2 Å². The first-order chi connectivity index (χ1) is 9.51. The highest BCUT2D eigenvalue weighted by Crippen LogP contribution is 2.32. The van der Waals surface area contributed by atoms with E-state index in [1.807, 2.05) is 13.0 Å². The van der Waals surface area contributed by atoms with Crippen molar-refractivity contribution >= 4 is 11.4 Å². The Kier molecular flexibility index (Phi) is 4.44. The molecule has 1 aromatic carbocycles. The quantitative estimate of drug-likeness (QED) is 0.661. The second-order valence-corrected chi connectivity index (χ2v) is 5.11. The number of rotatable bonds is 5. The summed E-state index contributed by atoms with van der Waals surface area (Å²) < 4.78 is 5.39. The molecule has 1 saturated heterocycles. The fraction of sp³-hybridized carbons (Fsp3) is 0.571. The summed E-state index contributed by atoms with van der Waals surface area (Å²) in [5.41, 5.74) is 0.817. The molecule has 1 N–H and O–H groups in total. The van der Waals surface area contributed by atoms with Crippen molar-refractivity contribution in [2.24, 2.45) is 5.92 Å². The van der Waals surface area contributed by atoms with Crippen molar-refractivity contribution in [3.05, 3.63) is 28.3 Å². The van der Waals surface area contributed by atoms with E-state index in [1.165, 1.54) is 6.07 Å². The van der Waals surface area contributed by atoms with Crippen LogP contribution in [0.2, 0.25) is 0 Å². The van der Waals surface area contributed by atoms with Crippen LogP contribution in [0.15, 0.2) is 18.2 Å². The van der Waals surface area contributed by atoms with Gasteiger partial charge in [0.15, 0.2) is 0 Å². The van der Waals surface area contributed by atoms with Crippen LogP contribution in [0.1, 0.15) is 20.3 Å². The van der Waals surface area contributed by atoms with Crippen molar-refractivity contribution in [1.82, 2.24) is 0 Å². The number of nitro groups is 1. The van der Waals surface area contributed by atoms with E-state index in [4.69, 9.17) is 4.74 Å². The summed E-state index contributed by atoms with van der Waals surface area (Å²) in [7, 11) is 0. The Balaban J connectivity index is 2.24. The first-order valence-corrected chi connectivity index (χ1v) is 6.86. The molecule has 0 saturated carbocycles. The summed E-state index contributed by atoms with van der Waals surface area (Å²) in [6.45, 7) is 5.61. The molecule has 2 rings (SSSR count). The van der Waals surface area contributed by atoms with E-state index in [1.54, 1.807) is 13.0 Å². The van der Waals surface area contributed by atoms with Gasteiger partial charge in [0.2, 0.25) is 0 Å². The Morgan fingerprint density at radius 2 is 2.30 bits per heavy atom. The molecule has 110 valence electrons. The van der Waals surface area contributed by atoms with Crippen molar-refractivity contribution in [1.29, 1.82) is 0 Å². The average molecular weight is 280 g/mol. The largest absolute Gasteiger partial charge is 0.494 e. The average Bonchev–Trinajstić information content (AvgIpc) is 2.88. The van der Waals surface area contributed by atoms with Crippen LogP contribution in [0.3, 0.4) is 0 Å². The van der Waals surface area contributed by atoms with E-state index >= 15 is 0 Å². The van der Waals surface area contributed by atoms with Gasteiger partial charge in [0.25, 0.3) is 5.69 Å². The SMILES string of the molecule is CCOc1cc(N2CCC(C(C)O)C2)cc([N+](=O)[O-])c1. The molecule has 6 nitrogen and oxygen atoms in total. The summed E-state index contributed by atoms with van der Waals surface area (Å²) >= 11 is 0. The first-order valence-electron chi connectivity index (χ1n) is 6.86. The van der Waals surface area contributed by atoms with Crippen LogP contribution in [0, 0.1) is 16.0 Å². The molecule has 1 aliphatic rings. The number of aliphatic hydroxyl groups excluding tert-OH is 1. The highest BCUT2D eigenvalue weighted by molar-refractivity contribution is 5.58. The Hall–Kier alpha value is -1.82. The maximum absolute atomic E-state index is 11.0. The van der Waals surface area contributed by atoms with E-state index in [2.05, 4.69) is 4.90 Å². The minimum absolute atomic E-state index is 0.0337. The van der Waals surface area contributed by atoms with Crippen LogP contribution >= 0.6 is 0 Å². The zero-order chi connectivity index (χ0) is 14.7. The Labute approximate surface area is 118 Å². The zero-order valence-electron chi connectivity index (χ0n) is 11.8. The molecule has 0 aliphatic carbocycles. The van der Waals surface area contributed by atoms with Gasteiger partial charge in [-0.05, 0) is 20.3 Å². The molecule has 1 aromatic rings. The van der Waals surface area contributed by atoms with Crippen LogP contribution in [-0.4, -0.2) is 35.8 Å². The molecule has 1 heterocycles. The molecular formula is C14H20N2O4. The molecular weight excluding hydrogens is 260 g/mol. The Morgan fingerprint density at radius 3 is 2.85 bits per heavy atom. The fourth-order valence-corrected chi connectivity index (χ4v) is 2.52. The summed E-state index contributed by atoms with van der Waals surface area (Å²) in [4.78, 5) is 12.6. The van der Waals surface area contributed by atoms with Gasteiger partial charge in [-0.1, -0.05) is 0 Å². The standard InChI is InChI=1S/C14H20N2O4/c1-3-20-14-7-12(6-13(8-14)16(18)19)15-5-4-11(9-15)10(2)17/h6-8,10-11,17H,3-5,9H2,1-2H3. The smallest absolute Gasteiger partial charge is 0.275 e. The van der Waals surface area contributed by atoms with Crippen molar-refractivity contribution in [2.45, 2.75) is 26.4 Å². The second-order valence-electron chi connectivity index (χ2n) is 5.11. The minimum Gasteiger partial charge on any atom is -0.494 e. The molecule has 0 radical (unpaired) electrons. The number of anilines is 1. The normalized spacial score (nSPS) is 19.9. The van der Waals surface area contributed by atoms with Crippen molar-refractivity contribution in [3.63, 3.8) is 0 Å². The van der Waals surface area contributed by atoms with Crippen molar-refractivity contribution < 1.29 is 14.8 Å². The molecule has 0 spiro atoms. The number of aliphatic hydroxyl groups is 1. The third-order valence-corrected chi connectivity index (χ3v) is 3.67. The lowest BCUT2D eigenvalue weighted by Gasteiger charge is -2.20. The van der Waals surface area contributed by atoms with Gasteiger partial charge in [0, 0.05) is 36.8 Å². The van der Waals surface area contributed by atoms with Crippen LogP contribution in [0.5, 0.6) is 5.75 Å². The van der Waals surface area contributed by atoms with Gasteiger partial charge in [0.1, 0.15) is 5.75 Å². The number of non-ortho nitro benzene ring substituents is 1. The summed E-state index contributed by atoms with van der Waals surface area (Å²) in [6.07, 6.45) is 0.537. The highest BCUT2D eigenvalue weighted by Gasteiger charge is 2.27. The number of hydrogen-bond donors (Lipinski definition) is 1. The topological polar surface area (TPSA) is 75.8 Å². The van der Waals surface area contributed by atoms with Gasteiger partial charge in [-0.2, -0.15) is 0 Å². The lowest BCUT2D eigenvalue weighted by molar-refractivity contribution is -0.384. The summed E-state index contributed by atoms with van der Waals surface area (Å²) in [5.74, 6) is 0.724. The van der Waals surface area contributed by atoms with Gasteiger partial charge in [-0.15, -0.1) is 0 Å². The van der Waals surface area contributed by atoms with Gasteiger partial charge in [-0.3, -0.25) is 10.1 Å². The second kappa shape index (κ2) is 6.09. The van der Waals surface area contributed by atoms with Crippen molar-refractivity contribution in [3.8, 4) is 5.75 Å². The maximum atomic E-state index is 11.0. The monoisotopic (exact) mass is 280 g/mol. The molecule has 6 heteroatoms. The van der Waals surface area contributed by atoms with Crippen LogP contribution in [-0.2, 0) is 0 Å². The van der Waals surface area contributed by atoms with E-state index < -0.39 is 4.92 Å². The highest BCUT2D eigenvalue weighted by atomic mass is 16.6. The molecule has 0 aromatic heterocycles. The third kappa shape index (κ3) is 3.19. The number of nitro benzene ring substituents is 1. The molecule has 0 amide bonds. The van der Waals surface area contributed by atoms with Crippen molar-refractivity contribution in [2.75, 3.05) is 24.6 Å². The van der Waals surface area contributed by atoms with Crippen LogP contribution < -0.4 is 9.64 Å². The molecule has 1 aliphatic heterocycles. The van der Waals surface area contributed by atoms with Gasteiger partial charge >= 0.3 is 0 Å². The zero-order valence-corrected chi connectivity index (χ0v) is 11.8. The molecule has 2 atom stereocenters. The number of nitrogens with zero attached hydrogens (tertiary/aromatic N) is 2. The number of benzene rings is 1. The first kappa shape index (κ1) is 14.6. The lowest BCUT2D eigenvalue weighted by atomic mass is 10.0. The molecule has 20 heavy (non-hydrogen) atoms. The van der Waals surface area contributed by atoms with E-state index in [0.29, 0.717) is 18.9 Å². The number of hydrogen-bond acceptors (Lipinski definition) is 5. The molecule has 0 bridgehead atoms.